The number of hydrogen-bond acceptors (Lipinski definition) is 4. The maximum atomic E-state index is 8.29. The molecule has 0 heterocycles. The fraction of sp³-hybridized carbons (Fsp3) is 1.00. The second-order valence-corrected chi connectivity index (χ2v) is 45.1. The molecule has 0 bridgehead atoms. The maximum absolute atomic E-state index is 8.29. The predicted octanol–water partition coefficient (Wildman–Crippen LogP) is 14.6. The molecule has 0 aromatic heterocycles. The van der Waals surface area contributed by atoms with Crippen LogP contribution in [0.4, 0.5) is 0 Å². The fourth-order valence-electron chi connectivity index (χ4n) is 10.4. The van der Waals surface area contributed by atoms with Gasteiger partial charge in [-0.25, -0.2) is 0 Å². The molecule has 0 rings (SSSR count). The van der Waals surface area contributed by atoms with Crippen LogP contribution in [0.1, 0.15) is 166 Å². The van der Waals surface area contributed by atoms with Crippen LogP contribution < -0.4 is 0 Å². The molecule has 0 N–H and O–H groups in total. The standard InChI is InChI=1S/4C9H21OSi.Ti/c4*1-7(2)11(10,8(3)4)9(5)6;/h4*7-9H,1-6H3;/q4*-1;+4. The van der Waals surface area contributed by atoms with E-state index in [1.165, 1.54) is 0 Å². The molecule has 0 aromatic rings. The van der Waals surface area contributed by atoms with Crippen LogP contribution in [0.5, 0.6) is 0 Å². The van der Waals surface area contributed by atoms with Crippen molar-refractivity contribution >= 4 is 33.3 Å². The Balaban J connectivity index is 8.82. The molecule has 0 unspecified atom stereocenters. The summed E-state index contributed by atoms with van der Waals surface area (Å²) in [5.41, 5.74) is 4.92. The average Bonchev–Trinajstić information content (AvgIpc) is 2.84. The zero-order valence-corrected chi connectivity index (χ0v) is 40.6. The number of rotatable bonds is 20. The normalized spacial score (nSPS) is 15.2. The van der Waals surface area contributed by atoms with Crippen molar-refractivity contribution in [3.8, 4) is 0 Å². The van der Waals surface area contributed by atoms with Crippen LogP contribution in [-0.2, 0) is 30.2 Å². The Morgan fingerprint density at radius 3 is 0.378 bits per heavy atom. The van der Waals surface area contributed by atoms with Gasteiger partial charge in [0, 0.05) is 0 Å². The van der Waals surface area contributed by atoms with Gasteiger partial charge in [-0.2, -0.15) is 0 Å². The summed E-state index contributed by atoms with van der Waals surface area (Å²) in [6.07, 6.45) is 0. The van der Waals surface area contributed by atoms with Crippen LogP contribution >= 0.6 is 0 Å². The van der Waals surface area contributed by atoms with E-state index in [1.807, 2.05) is 0 Å². The molecule has 0 aliphatic rings. The molecule has 0 saturated carbocycles. The molecule has 0 aliphatic heterocycles. The van der Waals surface area contributed by atoms with Crippen molar-refractivity contribution in [1.82, 2.24) is 0 Å². The molecule has 4 nitrogen and oxygen atoms in total. The Morgan fingerprint density at radius 2 is 0.311 bits per heavy atom. The topological polar surface area (TPSA) is 36.9 Å². The van der Waals surface area contributed by atoms with Gasteiger partial charge in [0.25, 0.3) is 0 Å². The molecule has 272 valence electrons. The van der Waals surface area contributed by atoms with E-state index in [9.17, 15) is 0 Å². The second kappa shape index (κ2) is 17.6. The van der Waals surface area contributed by atoms with Crippen molar-refractivity contribution < 1.29 is 30.2 Å². The van der Waals surface area contributed by atoms with E-state index in [2.05, 4.69) is 166 Å². The molecule has 0 amide bonds. The summed E-state index contributed by atoms with van der Waals surface area (Å²) in [7, 11) is -10.0. The van der Waals surface area contributed by atoms with E-state index in [1.54, 1.807) is 0 Å². The Labute approximate surface area is 294 Å². The summed E-state index contributed by atoms with van der Waals surface area (Å²) in [6, 6.07) is 0. The van der Waals surface area contributed by atoms with Gasteiger partial charge in [0.15, 0.2) is 0 Å². The summed E-state index contributed by atoms with van der Waals surface area (Å²) in [5.74, 6) is 0. The van der Waals surface area contributed by atoms with Gasteiger partial charge in [-0.3, -0.25) is 0 Å². The summed E-state index contributed by atoms with van der Waals surface area (Å²) in [4.78, 5) is 0. The van der Waals surface area contributed by atoms with Crippen LogP contribution in [0.3, 0.4) is 0 Å². The van der Waals surface area contributed by atoms with Crippen molar-refractivity contribution in [2.45, 2.75) is 233 Å². The molecule has 0 spiro atoms. The van der Waals surface area contributed by atoms with Gasteiger partial charge in [-0.1, -0.05) is 0 Å². The van der Waals surface area contributed by atoms with Gasteiger partial charge in [-0.15, -0.1) is 0 Å². The monoisotopic (exact) mass is 740 g/mol. The summed E-state index contributed by atoms with van der Waals surface area (Å²) < 4.78 is 33.2. The summed E-state index contributed by atoms with van der Waals surface area (Å²) in [5, 5.41) is 0. The van der Waals surface area contributed by atoms with Crippen molar-refractivity contribution in [3.05, 3.63) is 0 Å². The minimum atomic E-state index is -4.65. The molecular formula is C36H84O4Si4Ti. The Morgan fingerprint density at radius 1 is 0.222 bits per heavy atom. The summed E-state index contributed by atoms with van der Waals surface area (Å²) >= 11 is -4.65. The first-order valence-electron chi connectivity index (χ1n) is 19.0. The minimum absolute atomic E-state index is 0.410. The predicted molar refractivity (Wildman–Crippen MR) is 209 cm³/mol. The first kappa shape index (κ1) is 46.4. The zero-order valence-electron chi connectivity index (χ0n) is 35.1. The van der Waals surface area contributed by atoms with E-state index >= 15 is 0 Å². The molecule has 0 fully saturated rings. The van der Waals surface area contributed by atoms with Crippen molar-refractivity contribution in [2.24, 2.45) is 0 Å². The Bertz CT molecular complexity index is 641. The molecular weight excluding hydrogens is 657 g/mol. The van der Waals surface area contributed by atoms with Gasteiger partial charge in [-0.05, 0) is 0 Å². The summed E-state index contributed by atoms with van der Waals surface area (Å²) in [6.45, 7) is 57.8. The molecule has 0 aliphatic carbocycles. The van der Waals surface area contributed by atoms with E-state index in [0.717, 1.165) is 0 Å². The molecule has 45 heavy (non-hydrogen) atoms. The van der Waals surface area contributed by atoms with Crippen LogP contribution in [0.15, 0.2) is 0 Å². The zero-order chi connectivity index (χ0) is 36.3. The first-order valence-corrected chi connectivity index (χ1v) is 30.1. The van der Waals surface area contributed by atoms with Gasteiger partial charge in [0.05, 0.1) is 0 Å². The van der Waals surface area contributed by atoms with Crippen molar-refractivity contribution in [2.75, 3.05) is 0 Å². The molecule has 0 radical (unpaired) electrons. The van der Waals surface area contributed by atoms with E-state index in [-0.39, 0.29) is 0 Å². The van der Waals surface area contributed by atoms with Gasteiger partial charge in [0.2, 0.25) is 0 Å². The van der Waals surface area contributed by atoms with E-state index in [0.29, 0.717) is 66.5 Å². The Kier molecular flexibility index (Phi) is 18.1. The van der Waals surface area contributed by atoms with Crippen LogP contribution in [-0.4, -0.2) is 33.3 Å². The van der Waals surface area contributed by atoms with Crippen molar-refractivity contribution in [3.63, 3.8) is 0 Å². The number of hydrogen-bond donors (Lipinski definition) is 0. The quantitative estimate of drug-likeness (QED) is 0.116. The first-order chi connectivity index (χ1) is 20.1. The molecule has 0 saturated heterocycles. The van der Waals surface area contributed by atoms with Gasteiger partial charge >= 0.3 is 296 Å². The van der Waals surface area contributed by atoms with Crippen LogP contribution in [0.25, 0.3) is 0 Å². The van der Waals surface area contributed by atoms with Crippen LogP contribution in [0, 0.1) is 0 Å². The molecule has 9 heteroatoms. The van der Waals surface area contributed by atoms with E-state index < -0.39 is 51.4 Å². The second-order valence-electron chi connectivity index (χ2n) is 18.2. The van der Waals surface area contributed by atoms with Crippen molar-refractivity contribution in [1.29, 1.82) is 0 Å². The molecule has 0 aromatic carbocycles. The van der Waals surface area contributed by atoms with Gasteiger partial charge < -0.3 is 0 Å². The fourth-order valence-corrected chi connectivity index (χ4v) is 56.8. The van der Waals surface area contributed by atoms with Gasteiger partial charge in [0.1, 0.15) is 0 Å². The third-order valence-electron chi connectivity index (χ3n) is 12.0. The van der Waals surface area contributed by atoms with E-state index in [4.69, 9.17) is 12.0 Å². The average molecular weight is 741 g/mol. The Hall–Kier alpha value is 1.42. The van der Waals surface area contributed by atoms with Crippen LogP contribution in [0.2, 0.25) is 66.5 Å². The SMILES string of the molecule is CC(C)[Si]([O][Ti]([O][Si](C(C)C)(C(C)C)C(C)C)([O][Si](C(C)C)(C(C)C)C(C)C)[O][Si](C(C)C)(C(C)C)C(C)C)(C(C)C)C(C)C. The third-order valence-corrected chi connectivity index (χ3v) is 47.4. The third kappa shape index (κ3) is 9.02. The molecule has 0 atom stereocenters.